The van der Waals surface area contributed by atoms with Crippen molar-refractivity contribution in [3.63, 3.8) is 0 Å². The Balaban J connectivity index is 1.34. The molecular formula is C19H26N2O5S. The smallest absolute Gasteiger partial charge is 0.241 e. The number of ether oxygens (including phenoxy) is 2. The Bertz CT molecular complexity index is 807. The minimum absolute atomic E-state index is 0.218. The average Bonchev–Trinajstić information content (AvgIpc) is 3.14. The summed E-state index contributed by atoms with van der Waals surface area (Å²) in [6.07, 6.45) is 5.40. The van der Waals surface area contributed by atoms with Crippen LogP contribution >= 0.6 is 0 Å². The molecule has 2 heterocycles. The standard InChI is InChI=1S/C19H26N2O5S/c22-18(21-9-7-19(8-10-21)25-11-12-26-19)14-20-27(23,24)17-6-5-15-3-1-2-4-16(15)13-17/h5-6,13,20H,1-4,7-12,14H2. The molecule has 1 N–H and O–H groups in total. The summed E-state index contributed by atoms with van der Waals surface area (Å²) < 4.78 is 38.9. The Morgan fingerprint density at radius 2 is 1.74 bits per heavy atom. The molecule has 0 aromatic heterocycles. The third kappa shape index (κ3) is 4.03. The van der Waals surface area contributed by atoms with Gasteiger partial charge in [0.05, 0.1) is 24.7 Å². The number of sulfonamides is 1. The molecule has 2 saturated heterocycles. The average molecular weight is 394 g/mol. The van der Waals surface area contributed by atoms with Gasteiger partial charge in [0.1, 0.15) is 0 Å². The lowest BCUT2D eigenvalue weighted by molar-refractivity contribution is -0.187. The van der Waals surface area contributed by atoms with Gasteiger partial charge in [-0.3, -0.25) is 4.79 Å². The van der Waals surface area contributed by atoms with Crippen molar-refractivity contribution in [1.29, 1.82) is 0 Å². The zero-order valence-corrected chi connectivity index (χ0v) is 16.2. The first-order valence-electron chi connectivity index (χ1n) is 9.65. The van der Waals surface area contributed by atoms with Gasteiger partial charge < -0.3 is 14.4 Å². The number of rotatable bonds is 4. The lowest BCUT2D eigenvalue weighted by atomic mass is 9.92. The normalized spacial score (nSPS) is 22.0. The van der Waals surface area contributed by atoms with Crippen LogP contribution in [0.4, 0.5) is 0 Å². The molecule has 8 heteroatoms. The Morgan fingerprint density at radius 3 is 2.44 bits per heavy atom. The molecular weight excluding hydrogens is 368 g/mol. The van der Waals surface area contributed by atoms with Gasteiger partial charge in [0.25, 0.3) is 0 Å². The van der Waals surface area contributed by atoms with E-state index in [2.05, 4.69) is 4.72 Å². The minimum atomic E-state index is -3.70. The van der Waals surface area contributed by atoms with Crippen molar-refractivity contribution in [2.75, 3.05) is 32.8 Å². The van der Waals surface area contributed by atoms with E-state index in [9.17, 15) is 13.2 Å². The number of nitrogens with one attached hydrogen (secondary N) is 1. The van der Waals surface area contributed by atoms with E-state index in [0.29, 0.717) is 39.1 Å². The van der Waals surface area contributed by atoms with E-state index in [1.807, 2.05) is 6.07 Å². The molecule has 0 saturated carbocycles. The summed E-state index contributed by atoms with van der Waals surface area (Å²) in [6.45, 7) is 1.98. The van der Waals surface area contributed by atoms with Crippen molar-refractivity contribution in [1.82, 2.24) is 9.62 Å². The fraction of sp³-hybridized carbons (Fsp3) is 0.632. The third-order valence-electron chi connectivity index (χ3n) is 5.74. The Labute approximate surface area is 160 Å². The Kier molecular flexibility index (Phi) is 5.24. The topological polar surface area (TPSA) is 84.9 Å². The highest BCUT2D eigenvalue weighted by Gasteiger charge is 2.40. The minimum Gasteiger partial charge on any atom is -0.347 e. The molecule has 0 atom stereocenters. The van der Waals surface area contributed by atoms with Crippen molar-refractivity contribution in [2.45, 2.75) is 49.2 Å². The lowest BCUT2D eigenvalue weighted by Crippen LogP contribution is -2.49. The van der Waals surface area contributed by atoms with Crippen LogP contribution in [0.1, 0.15) is 36.8 Å². The summed E-state index contributed by atoms with van der Waals surface area (Å²) >= 11 is 0. The number of benzene rings is 1. The summed E-state index contributed by atoms with van der Waals surface area (Å²) in [6, 6.07) is 5.29. The van der Waals surface area contributed by atoms with E-state index in [1.165, 1.54) is 5.56 Å². The summed E-state index contributed by atoms with van der Waals surface area (Å²) in [7, 11) is -3.70. The molecule has 1 aromatic carbocycles. The first-order chi connectivity index (χ1) is 13.0. The second kappa shape index (κ2) is 7.50. The first kappa shape index (κ1) is 18.9. The van der Waals surface area contributed by atoms with Crippen LogP contribution in [0.3, 0.4) is 0 Å². The van der Waals surface area contributed by atoms with Crippen molar-refractivity contribution in [3.05, 3.63) is 29.3 Å². The summed E-state index contributed by atoms with van der Waals surface area (Å²) in [5.74, 6) is -0.760. The number of carbonyl (C=O) groups is 1. The van der Waals surface area contributed by atoms with Crippen molar-refractivity contribution in [3.8, 4) is 0 Å². The largest absolute Gasteiger partial charge is 0.347 e. The molecule has 7 nitrogen and oxygen atoms in total. The number of nitrogens with zero attached hydrogens (tertiary/aromatic N) is 1. The Hall–Kier alpha value is -1.48. The highest BCUT2D eigenvalue weighted by atomic mass is 32.2. The molecule has 0 unspecified atom stereocenters. The summed E-state index contributed by atoms with van der Waals surface area (Å²) in [5.41, 5.74) is 2.34. The van der Waals surface area contributed by atoms with Gasteiger partial charge in [0.2, 0.25) is 15.9 Å². The number of hydrogen-bond acceptors (Lipinski definition) is 5. The molecule has 1 spiro atoms. The first-order valence-corrected chi connectivity index (χ1v) is 11.1. The number of amides is 1. The van der Waals surface area contributed by atoms with Gasteiger partial charge in [-0.05, 0) is 48.9 Å². The number of aryl methyl sites for hydroxylation is 2. The molecule has 148 valence electrons. The van der Waals surface area contributed by atoms with Crippen molar-refractivity contribution in [2.24, 2.45) is 0 Å². The van der Waals surface area contributed by atoms with Gasteiger partial charge in [-0.2, -0.15) is 0 Å². The fourth-order valence-corrected chi connectivity index (χ4v) is 5.14. The SMILES string of the molecule is O=C(CNS(=O)(=O)c1ccc2c(c1)CCCC2)N1CCC2(CC1)OCCO2. The van der Waals surface area contributed by atoms with Crippen molar-refractivity contribution >= 4 is 15.9 Å². The van der Waals surface area contributed by atoms with Crippen LogP contribution in [0.5, 0.6) is 0 Å². The van der Waals surface area contributed by atoms with Crippen LogP contribution in [-0.4, -0.2) is 57.9 Å². The van der Waals surface area contributed by atoms with Gasteiger partial charge in [0.15, 0.2) is 5.79 Å². The van der Waals surface area contributed by atoms with Crippen LogP contribution in [0.15, 0.2) is 23.1 Å². The zero-order chi connectivity index (χ0) is 18.9. The van der Waals surface area contributed by atoms with E-state index in [1.54, 1.807) is 17.0 Å². The highest BCUT2D eigenvalue weighted by molar-refractivity contribution is 7.89. The predicted molar refractivity (Wildman–Crippen MR) is 98.7 cm³/mol. The summed E-state index contributed by atoms with van der Waals surface area (Å²) in [4.78, 5) is 14.3. The number of hydrogen-bond donors (Lipinski definition) is 1. The second-order valence-corrected chi connectivity index (χ2v) is 9.22. The van der Waals surface area contributed by atoms with E-state index >= 15 is 0 Å². The molecule has 0 bridgehead atoms. The van der Waals surface area contributed by atoms with Gasteiger partial charge >= 0.3 is 0 Å². The molecule has 4 rings (SSSR count). The monoisotopic (exact) mass is 394 g/mol. The van der Waals surface area contributed by atoms with Crippen LogP contribution in [-0.2, 0) is 37.1 Å². The molecule has 2 fully saturated rings. The third-order valence-corrected chi connectivity index (χ3v) is 7.13. The van der Waals surface area contributed by atoms with Crippen molar-refractivity contribution < 1.29 is 22.7 Å². The van der Waals surface area contributed by atoms with Gasteiger partial charge in [-0.1, -0.05) is 6.07 Å². The molecule has 1 amide bonds. The molecule has 3 aliphatic rings. The molecule has 1 aliphatic carbocycles. The maximum absolute atomic E-state index is 12.6. The van der Waals surface area contributed by atoms with Gasteiger partial charge in [-0.25, -0.2) is 13.1 Å². The Morgan fingerprint density at radius 1 is 1.07 bits per heavy atom. The molecule has 27 heavy (non-hydrogen) atoms. The van der Waals surface area contributed by atoms with Gasteiger partial charge in [-0.15, -0.1) is 0 Å². The fourth-order valence-electron chi connectivity index (χ4n) is 4.11. The molecule has 0 radical (unpaired) electrons. The second-order valence-electron chi connectivity index (χ2n) is 7.45. The quantitative estimate of drug-likeness (QED) is 0.830. The number of piperidine rings is 1. The maximum atomic E-state index is 12.6. The zero-order valence-electron chi connectivity index (χ0n) is 15.4. The number of carbonyl (C=O) groups excluding carboxylic acids is 1. The predicted octanol–water partition coefficient (Wildman–Crippen LogP) is 1.21. The van der Waals surface area contributed by atoms with E-state index < -0.39 is 15.8 Å². The van der Waals surface area contributed by atoms with Crippen LogP contribution in [0, 0.1) is 0 Å². The van der Waals surface area contributed by atoms with E-state index in [0.717, 1.165) is 31.2 Å². The lowest BCUT2D eigenvalue weighted by Gasteiger charge is -2.37. The van der Waals surface area contributed by atoms with E-state index in [-0.39, 0.29) is 17.3 Å². The van der Waals surface area contributed by atoms with Crippen LogP contribution < -0.4 is 4.72 Å². The maximum Gasteiger partial charge on any atom is 0.241 e. The van der Waals surface area contributed by atoms with E-state index in [4.69, 9.17) is 9.47 Å². The van der Waals surface area contributed by atoms with Crippen LogP contribution in [0.2, 0.25) is 0 Å². The molecule has 1 aromatic rings. The van der Waals surface area contributed by atoms with Crippen LogP contribution in [0.25, 0.3) is 0 Å². The number of likely N-dealkylation sites (tertiary alicyclic amines) is 1. The number of fused-ring (bicyclic) bond motifs is 1. The molecule has 2 aliphatic heterocycles. The summed E-state index contributed by atoms with van der Waals surface area (Å²) in [5, 5.41) is 0. The van der Waals surface area contributed by atoms with Gasteiger partial charge in [0, 0.05) is 25.9 Å². The highest BCUT2D eigenvalue weighted by Crippen LogP contribution is 2.31.